The fourth-order valence-electron chi connectivity index (χ4n) is 1.43. The number of fused-ring (bicyclic) bond motifs is 1. The molecule has 1 N–H and O–H groups in total. The molecule has 0 fully saturated rings. The zero-order chi connectivity index (χ0) is 10.1. The van der Waals surface area contributed by atoms with Crippen LogP contribution in [0.15, 0.2) is 18.5 Å². The van der Waals surface area contributed by atoms with Gasteiger partial charge in [0.15, 0.2) is 0 Å². The van der Waals surface area contributed by atoms with E-state index in [0.29, 0.717) is 0 Å². The third kappa shape index (κ3) is 1.32. The molecule has 0 amide bonds. The van der Waals surface area contributed by atoms with Crippen LogP contribution in [0.25, 0.3) is 10.9 Å². The van der Waals surface area contributed by atoms with Gasteiger partial charge in [0.05, 0.1) is 11.2 Å². The van der Waals surface area contributed by atoms with Crippen LogP contribution in [0.1, 0.15) is 5.69 Å². The standard InChI is InChI=1S/C9H9N3O2/c1-6-7-4-10-3-2-8(7)12(11-6)5-9(13)14/h2-4H,5H2,1H3,(H,13,14). The van der Waals surface area contributed by atoms with Crippen molar-refractivity contribution in [1.29, 1.82) is 0 Å². The minimum atomic E-state index is -0.897. The van der Waals surface area contributed by atoms with Gasteiger partial charge in [0, 0.05) is 17.8 Å². The normalized spacial score (nSPS) is 10.6. The van der Waals surface area contributed by atoms with Crippen molar-refractivity contribution in [2.24, 2.45) is 0 Å². The van der Waals surface area contributed by atoms with Gasteiger partial charge < -0.3 is 5.11 Å². The maximum absolute atomic E-state index is 10.5. The van der Waals surface area contributed by atoms with Gasteiger partial charge in [-0.25, -0.2) is 0 Å². The number of aromatic nitrogens is 3. The molecule has 0 atom stereocenters. The van der Waals surface area contributed by atoms with Crippen LogP contribution in [0.3, 0.4) is 0 Å². The first kappa shape index (κ1) is 8.68. The SMILES string of the molecule is Cc1nn(CC(=O)O)c2ccncc12. The minimum Gasteiger partial charge on any atom is -0.480 e. The summed E-state index contributed by atoms with van der Waals surface area (Å²) in [5, 5.41) is 13.7. The van der Waals surface area contributed by atoms with Gasteiger partial charge in [-0.1, -0.05) is 0 Å². The monoisotopic (exact) mass is 191 g/mol. The molecule has 0 radical (unpaired) electrons. The number of carboxylic acid groups (broad SMARTS) is 1. The zero-order valence-corrected chi connectivity index (χ0v) is 7.64. The van der Waals surface area contributed by atoms with Gasteiger partial charge in [0.2, 0.25) is 0 Å². The molecule has 0 unspecified atom stereocenters. The number of hydrogen-bond acceptors (Lipinski definition) is 3. The second kappa shape index (κ2) is 3.10. The molecule has 2 aromatic heterocycles. The Bertz CT molecular complexity index is 490. The van der Waals surface area contributed by atoms with Gasteiger partial charge in [-0.05, 0) is 13.0 Å². The number of aryl methyl sites for hydroxylation is 1. The lowest BCUT2D eigenvalue weighted by Crippen LogP contribution is -2.09. The summed E-state index contributed by atoms with van der Waals surface area (Å²) in [5.74, 6) is -0.897. The number of hydrogen-bond donors (Lipinski definition) is 1. The Kier molecular flexibility index (Phi) is 1.92. The summed E-state index contributed by atoms with van der Waals surface area (Å²) in [6.45, 7) is 1.72. The third-order valence-electron chi connectivity index (χ3n) is 2.02. The molecule has 0 saturated carbocycles. The van der Waals surface area contributed by atoms with Crippen molar-refractivity contribution in [1.82, 2.24) is 14.8 Å². The number of carbonyl (C=O) groups is 1. The first-order chi connectivity index (χ1) is 6.68. The van der Waals surface area contributed by atoms with Crippen molar-refractivity contribution in [3.8, 4) is 0 Å². The van der Waals surface area contributed by atoms with Crippen molar-refractivity contribution in [2.45, 2.75) is 13.5 Å². The van der Waals surface area contributed by atoms with Crippen LogP contribution in [0.2, 0.25) is 0 Å². The van der Waals surface area contributed by atoms with E-state index in [1.807, 2.05) is 6.92 Å². The largest absolute Gasteiger partial charge is 0.480 e. The van der Waals surface area contributed by atoms with E-state index in [9.17, 15) is 4.79 Å². The Labute approximate surface area is 80.0 Å². The van der Waals surface area contributed by atoms with Crippen LogP contribution in [0.5, 0.6) is 0 Å². The average Bonchev–Trinajstić information content (AvgIpc) is 2.44. The molecular formula is C9H9N3O2. The van der Waals surface area contributed by atoms with E-state index in [0.717, 1.165) is 16.6 Å². The lowest BCUT2D eigenvalue weighted by atomic mass is 10.3. The number of aliphatic carboxylic acids is 1. The van der Waals surface area contributed by atoms with E-state index in [4.69, 9.17) is 5.11 Å². The molecule has 2 aromatic rings. The Balaban J connectivity index is 2.60. The molecule has 0 spiro atoms. The molecule has 0 aliphatic heterocycles. The Hall–Kier alpha value is -1.91. The topological polar surface area (TPSA) is 68.0 Å². The summed E-state index contributed by atoms with van der Waals surface area (Å²) in [4.78, 5) is 14.5. The van der Waals surface area contributed by atoms with Gasteiger partial charge in [-0.15, -0.1) is 0 Å². The summed E-state index contributed by atoms with van der Waals surface area (Å²) in [6, 6.07) is 1.76. The zero-order valence-electron chi connectivity index (χ0n) is 7.64. The lowest BCUT2D eigenvalue weighted by molar-refractivity contribution is -0.137. The number of carboxylic acids is 1. The molecule has 14 heavy (non-hydrogen) atoms. The quantitative estimate of drug-likeness (QED) is 0.763. The highest BCUT2D eigenvalue weighted by atomic mass is 16.4. The van der Waals surface area contributed by atoms with Crippen molar-refractivity contribution in [3.05, 3.63) is 24.2 Å². The summed E-state index contributed by atoms with van der Waals surface area (Å²) < 4.78 is 1.47. The van der Waals surface area contributed by atoms with Crippen LogP contribution in [0.4, 0.5) is 0 Å². The number of nitrogens with zero attached hydrogens (tertiary/aromatic N) is 3. The van der Waals surface area contributed by atoms with Gasteiger partial charge >= 0.3 is 5.97 Å². The molecule has 2 heterocycles. The molecule has 0 saturated heterocycles. The van der Waals surface area contributed by atoms with E-state index in [1.165, 1.54) is 4.68 Å². The molecule has 0 bridgehead atoms. The van der Waals surface area contributed by atoms with Crippen LogP contribution in [0, 0.1) is 6.92 Å². The van der Waals surface area contributed by atoms with E-state index >= 15 is 0 Å². The van der Waals surface area contributed by atoms with Gasteiger partial charge in [-0.3, -0.25) is 14.5 Å². The van der Waals surface area contributed by atoms with Crippen LogP contribution in [-0.4, -0.2) is 25.8 Å². The average molecular weight is 191 g/mol. The van der Waals surface area contributed by atoms with Gasteiger partial charge in [0.1, 0.15) is 6.54 Å². The van der Waals surface area contributed by atoms with E-state index in [1.54, 1.807) is 18.5 Å². The Morgan fingerprint density at radius 1 is 1.64 bits per heavy atom. The molecule has 2 rings (SSSR count). The minimum absolute atomic E-state index is 0.117. The van der Waals surface area contributed by atoms with Gasteiger partial charge in [0.25, 0.3) is 0 Å². The van der Waals surface area contributed by atoms with E-state index < -0.39 is 5.97 Å². The maximum Gasteiger partial charge on any atom is 0.325 e. The highest BCUT2D eigenvalue weighted by molar-refractivity contribution is 5.81. The first-order valence-electron chi connectivity index (χ1n) is 4.17. The highest BCUT2D eigenvalue weighted by Crippen LogP contribution is 2.15. The molecule has 0 aliphatic rings. The lowest BCUT2D eigenvalue weighted by Gasteiger charge is -1.97. The summed E-state index contributed by atoms with van der Waals surface area (Å²) >= 11 is 0. The van der Waals surface area contributed by atoms with E-state index in [-0.39, 0.29) is 6.54 Å². The fourth-order valence-corrected chi connectivity index (χ4v) is 1.43. The molecule has 0 aliphatic carbocycles. The number of pyridine rings is 1. The van der Waals surface area contributed by atoms with Crippen molar-refractivity contribution >= 4 is 16.9 Å². The molecule has 72 valence electrons. The third-order valence-corrected chi connectivity index (χ3v) is 2.02. The van der Waals surface area contributed by atoms with Crippen LogP contribution < -0.4 is 0 Å². The maximum atomic E-state index is 10.5. The van der Waals surface area contributed by atoms with Crippen molar-refractivity contribution in [2.75, 3.05) is 0 Å². The highest BCUT2D eigenvalue weighted by Gasteiger charge is 2.08. The fraction of sp³-hybridized carbons (Fsp3) is 0.222. The Morgan fingerprint density at radius 2 is 2.43 bits per heavy atom. The predicted octanol–water partition coefficient (Wildman–Crippen LogP) is 0.824. The van der Waals surface area contributed by atoms with Crippen LogP contribution >= 0.6 is 0 Å². The van der Waals surface area contributed by atoms with Crippen LogP contribution in [-0.2, 0) is 11.3 Å². The summed E-state index contributed by atoms with van der Waals surface area (Å²) in [5.41, 5.74) is 1.61. The summed E-state index contributed by atoms with van der Waals surface area (Å²) in [6.07, 6.45) is 3.32. The number of rotatable bonds is 2. The smallest absolute Gasteiger partial charge is 0.325 e. The molecule has 5 nitrogen and oxygen atoms in total. The second-order valence-electron chi connectivity index (χ2n) is 3.03. The first-order valence-corrected chi connectivity index (χ1v) is 4.17. The van der Waals surface area contributed by atoms with Gasteiger partial charge in [-0.2, -0.15) is 5.10 Å². The second-order valence-corrected chi connectivity index (χ2v) is 3.03. The predicted molar refractivity (Wildman–Crippen MR) is 49.9 cm³/mol. The molecule has 0 aromatic carbocycles. The van der Waals surface area contributed by atoms with Crippen molar-refractivity contribution < 1.29 is 9.90 Å². The summed E-state index contributed by atoms with van der Waals surface area (Å²) in [7, 11) is 0. The van der Waals surface area contributed by atoms with Crippen molar-refractivity contribution in [3.63, 3.8) is 0 Å². The Morgan fingerprint density at radius 3 is 3.14 bits per heavy atom. The molecular weight excluding hydrogens is 182 g/mol. The van der Waals surface area contributed by atoms with E-state index in [2.05, 4.69) is 10.1 Å². The molecule has 5 heteroatoms.